The van der Waals surface area contributed by atoms with Crippen LogP contribution in [0.15, 0.2) is 54.6 Å². The Morgan fingerprint density at radius 1 is 1.11 bits per heavy atom. The smallest absolute Gasteiger partial charge is 0.240 e. The number of carbonyl (C=O) groups excluding carboxylic acids is 1. The highest BCUT2D eigenvalue weighted by Gasteiger charge is 2.21. The number of hydrogen-bond acceptors (Lipinski definition) is 4. The zero-order chi connectivity index (χ0) is 20.6. The van der Waals surface area contributed by atoms with E-state index in [1.165, 1.54) is 5.56 Å². The molecule has 0 radical (unpaired) electrons. The molecule has 0 saturated heterocycles. The van der Waals surface area contributed by atoms with Crippen LogP contribution in [0, 0.1) is 0 Å². The van der Waals surface area contributed by atoms with Crippen LogP contribution < -0.4 is 14.4 Å². The van der Waals surface area contributed by atoms with E-state index in [1.54, 1.807) is 24.3 Å². The van der Waals surface area contributed by atoms with E-state index in [-0.39, 0.29) is 18.6 Å². The van der Waals surface area contributed by atoms with Crippen molar-refractivity contribution in [3.8, 4) is 5.75 Å². The molecule has 2 aromatic carbocycles. The van der Waals surface area contributed by atoms with Gasteiger partial charge in [-0.1, -0.05) is 36.4 Å². The van der Waals surface area contributed by atoms with Crippen LogP contribution in [0.5, 0.6) is 5.75 Å². The molecule has 2 aromatic rings. The standard InChI is InChI=1S/C21H28N2O4S/c1-17(2)27-20-13-7-12-19(15-20)23(28(3,25)26)16-21(24)22-14-8-11-18-9-5-4-6-10-18/h4-7,9-10,12-13,15,17H,8,11,14,16H2,1-3H3,(H,22,24). The van der Waals surface area contributed by atoms with Crippen molar-refractivity contribution in [2.45, 2.75) is 32.8 Å². The molecule has 2 rings (SSSR count). The number of benzene rings is 2. The summed E-state index contributed by atoms with van der Waals surface area (Å²) in [5.74, 6) is 0.220. The van der Waals surface area contributed by atoms with E-state index in [4.69, 9.17) is 4.74 Å². The van der Waals surface area contributed by atoms with Gasteiger partial charge < -0.3 is 10.1 Å². The van der Waals surface area contributed by atoms with E-state index in [9.17, 15) is 13.2 Å². The summed E-state index contributed by atoms with van der Waals surface area (Å²) < 4.78 is 31.2. The third kappa shape index (κ3) is 7.23. The van der Waals surface area contributed by atoms with Crippen LogP contribution in [0.3, 0.4) is 0 Å². The zero-order valence-electron chi connectivity index (χ0n) is 16.6. The zero-order valence-corrected chi connectivity index (χ0v) is 17.4. The summed E-state index contributed by atoms with van der Waals surface area (Å²) in [7, 11) is -3.61. The highest BCUT2D eigenvalue weighted by atomic mass is 32.2. The molecule has 0 saturated carbocycles. The second-order valence-electron chi connectivity index (χ2n) is 6.87. The minimum Gasteiger partial charge on any atom is -0.491 e. The number of hydrogen-bond donors (Lipinski definition) is 1. The van der Waals surface area contributed by atoms with Crippen LogP contribution >= 0.6 is 0 Å². The summed E-state index contributed by atoms with van der Waals surface area (Å²) in [6.45, 7) is 4.00. The first kappa shape index (κ1) is 21.8. The van der Waals surface area contributed by atoms with Crippen molar-refractivity contribution in [2.24, 2.45) is 0 Å². The van der Waals surface area contributed by atoms with E-state index in [0.29, 0.717) is 18.0 Å². The maximum Gasteiger partial charge on any atom is 0.240 e. The predicted molar refractivity (Wildman–Crippen MR) is 112 cm³/mol. The fourth-order valence-corrected chi connectivity index (χ4v) is 3.58. The molecule has 1 N–H and O–H groups in total. The van der Waals surface area contributed by atoms with E-state index in [2.05, 4.69) is 5.32 Å². The molecule has 0 heterocycles. The first-order valence-corrected chi connectivity index (χ1v) is 11.2. The molecule has 6 nitrogen and oxygen atoms in total. The number of amides is 1. The van der Waals surface area contributed by atoms with Crippen LogP contribution in [-0.2, 0) is 21.2 Å². The highest BCUT2D eigenvalue weighted by molar-refractivity contribution is 7.92. The van der Waals surface area contributed by atoms with Gasteiger partial charge in [-0.15, -0.1) is 0 Å². The van der Waals surface area contributed by atoms with Crippen molar-refractivity contribution in [1.29, 1.82) is 0 Å². The van der Waals surface area contributed by atoms with Gasteiger partial charge in [-0.05, 0) is 44.4 Å². The van der Waals surface area contributed by atoms with Crippen LogP contribution in [0.4, 0.5) is 5.69 Å². The monoisotopic (exact) mass is 404 g/mol. The average molecular weight is 405 g/mol. The van der Waals surface area contributed by atoms with Gasteiger partial charge in [0.2, 0.25) is 15.9 Å². The lowest BCUT2D eigenvalue weighted by Crippen LogP contribution is -2.40. The van der Waals surface area contributed by atoms with E-state index < -0.39 is 10.0 Å². The molecule has 0 aliphatic heterocycles. The number of rotatable bonds is 10. The molecule has 0 aliphatic rings. The summed E-state index contributed by atoms with van der Waals surface area (Å²) in [4.78, 5) is 12.3. The van der Waals surface area contributed by atoms with E-state index >= 15 is 0 Å². The number of sulfonamides is 1. The first-order chi connectivity index (χ1) is 13.3. The van der Waals surface area contributed by atoms with Crippen molar-refractivity contribution in [1.82, 2.24) is 5.32 Å². The Kier molecular flexibility index (Phi) is 7.87. The summed E-state index contributed by atoms with van der Waals surface area (Å²) in [6.07, 6.45) is 2.69. The fraction of sp³-hybridized carbons (Fsp3) is 0.381. The molecule has 0 spiro atoms. The lowest BCUT2D eigenvalue weighted by molar-refractivity contribution is -0.119. The minimum absolute atomic E-state index is 0.0325. The molecule has 0 bridgehead atoms. The Labute approximate surface area is 167 Å². The van der Waals surface area contributed by atoms with Crippen molar-refractivity contribution >= 4 is 21.6 Å². The van der Waals surface area contributed by atoms with Crippen molar-refractivity contribution in [2.75, 3.05) is 23.7 Å². The number of aryl methyl sites for hydroxylation is 1. The number of nitrogens with one attached hydrogen (secondary N) is 1. The number of anilines is 1. The highest BCUT2D eigenvalue weighted by Crippen LogP contribution is 2.23. The Morgan fingerprint density at radius 2 is 1.82 bits per heavy atom. The molecule has 0 fully saturated rings. The Bertz CT molecular complexity index is 867. The van der Waals surface area contributed by atoms with Gasteiger partial charge in [0.05, 0.1) is 18.0 Å². The summed E-state index contributed by atoms with van der Waals surface area (Å²) in [5.41, 5.74) is 1.61. The van der Waals surface area contributed by atoms with Gasteiger partial charge >= 0.3 is 0 Å². The lowest BCUT2D eigenvalue weighted by atomic mass is 10.1. The summed E-state index contributed by atoms with van der Waals surface area (Å²) in [5, 5.41) is 2.80. The van der Waals surface area contributed by atoms with Gasteiger partial charge in [-0.3, -0.25) is 9.10 Å². The molecular formula is C21H28N2O4S. The van der Waals surface area contributed by atoms with Crippen LogP contribution in [0.25, 0.3) is 0 Å². The average Bonchev–Trinajstić information content (AvgIpc) is 2.63. The van der Waals surface area contributed by atoms with Crippen LogP contribution in [-0.4, -0.2) is 39.8 Å². The Hall–Kier alpha value is -2.54. The van der Waals surface area contributed by atoms with Crippen LogP contribution in [0.1, 0.15) is 25.8 Å². The Balaban J connectivity index is 1.95. The number of carbonyl (C=O) groups is 1. The molecule has 0 aliphatic carbocycles. The van der Waals surface area contributed by atoms with Gasteiger partial charge in [0, 0.05) is 12.6 Å². The molecule has 1 amide bonds. The third-order valence-corrected chi connectivity index (χ3v) is 5.11. The lowest BCUT2D eigenvalue weighted by Gasteiger charge is -2.22. The number of nitrogens with zero attached hydrogens (tertiary/aromatic N) is 1. The molecule has 0 atom stereocenters. The summed E-state index contributed by atoms with van der Waals surface area (Å²) >= 11 is 0. The second kappa shape index (κ2) is 10.1. The number of ether oxygens (including phenoxy) is 1. The summed E-state index contributed by atoms with van der Waals surface area (Å²) in [6, 6.07) is 16.8. The van der Waals surface area contributed by atoms with E-state index in [0.717, 1.165) is 23.4 Å². The third-order valence-electron chi connectivity index (χ3n) is 3.97. The van der Waals surface area contributed by atoms with Crippen molar-refractivity contribution in [3.63, 3.8) is 0 Å². The molecule has 0 unspecified atom stereocenters. The molecule has 7 heteroatoms. The topological polar surface area (TPSA) is 75.7 Å². The molecule has 28 heavy (non-hydrogen) atoms. The maximum atomic E-state index is 12.3. The van der Waals surface area contributed by atoms with Gasteiger partial charge in [0.15, 0.2) is 0 Å². The fourth-order valence-electron chi connectivity index (χ4n) is 2.74. The normalized spacial score (nSPS) is 11.3. The van der Waals surface area contributed by atoms with E-state index in [1.807, 2.05) is 44.2 Å². The van der Waals surface area contributed by atoms with Gasteiger partial charge in [-0.2, -0.15) is 0 Å². The van der Waals surface area contributed by atoms with Gasteiger partial charge in [0.1, 0.15) is 12.3 Å². The maximum absolute atomic E-state index is 12.3. The van der Waals surface area contributed by atoms with Gasteiger partial charge in [-0.25, -0.2) is 8.42 Å². The molecule has 152 valence electrons. The SMILES string of the molecule is CC(C)Oc1cccc(N(CC(=O)NCCCc2ccccc2)S(C)(=O)=O)c1. The van der Waals surface area contributed by atoms with Crippen molar-refractivity contribution in [3.05, 3.63) is 60.2 Å². The quantitative estimate of drug-likeness (QED) is 0.618. The molecular weight excluding hydrogens is 376 g/mol. The predicted octanol–water partition coefficient (Wildman–Crippen LogP) is 2.99. The van der Waals surface area contributed by atoms with Gasteiger partial charge in [0.25, 0.3) is 0 Å². The Morgan fingerprint density at radius 3 is 2.46 bits per heavy atom. The second-order valence-corrected chi connectivity index (χ2v) is 8.78. The first-order valence-electron chi connectivity index (χ1n) is 9.31. The minimum atomic E-state index is -3.61. The van der Waals surface area contributed by atoms with Crippen molar-refractivity contribution < 1.29 is 17.9 Å². The largest absolute Gasteiger partial charge is 0.491 e. The molecule has 0 aromatic heterocycles. The van der Waals surface area contributed by atoms with Crippen LogP contribution in [0.2, 0.25) is 0 Å².